The second kappa shape index (κ2) is 6.83. The zero-order valence-electron chi connectivity index (χ0n) is 12.0. The zero-order chi connectivity index (χ0) is 15.2. The highest BCUT2D eigenvalue weighted by molar-refractivity contribution is 6.05. The third-order valence-corrected chi connectivity index (χ3v) is 2.86. The minimum Gasteiger partial charge on any atom is -0.491 e. The Morgan fingerprint density at radius 1 is 1.38 bits per heavy atom. The molecule has 4 nitrogen and oxygen atoms in total. The van der Waals surface area contributed by atoms with E-state index in [4.69, 9.17) is 4.74 Å². The van der Waals surface area contributed by atoms with Gasteiger partial charge in [-0.15, -0.1) is 0 Å². The molecule has 1 aromatic heterocycles. The predicted octanol–water partition coefficient (Wildman–Crippen LogP) is 3.57. The standard InChI is InChI=1S/C16H17FN2O2/c1-3-8-21-15-9-11(2)4-5-14(15)19-16(20)12-6-7-18-10-13(12)17/h4-7,9-10H,3,8H2,1-2H3,(H,19,20). The van der Waals surface area contributed by atoms with E-state index in [1.54, 1.807) is 6.07 Å². The molecule has 0 aliphatic heterocycles. The van der Waals surface area contributed by atoms with Crippen LogP contribution in [0.2, 0.25) is 0 Å². The maximum Gasteiger partial charge on any atom is 0.258 e. The van der Waals surface area contributed by atoms with Crippen molar-refractivity contribution in [2.75, 3.05) is 11.9 Å². The summed E-state index contributed by atoms with van der Waals surface area (Å²) < 4.78 is 19.2. The second-order valence-electron chi connectivity index (χ2n) is 4.66. The Kier molecular flexibility index (Phi) is 4.87. The van der Waals surface area contributed by atoms with Crippen LogP contribution in [-0.4, -0.2) is 17.5 Å². The summed E-state index contributed by atoms with van der Waals surface area (Å²) in [6.45, 7) is 4.49. The summed E-state index contributed by atoms with van der Waals surface area (Å²) in [5, 5.41) is 2.67. The van der Waals surface area contributed by atoms with Crippen LogP contribution in [0.4, 0.5) is 10.1 Å². The van der Waals surface area contributed by atoms with Crippen LogP contribution in [0.5, 0.6) is 5.75 Å². The van der Waals surface area contributed by atoms with E-state index < -0.39 is 11.7 Å². The molecule has 0 unspecified atom stereocenters. The van der Waals surface area contributed by atoms with Gasteiger partial charge in [-0.2, -0.15) is 0 Å². The van der Waals surface area contributed by atoms with Gasteiger partial charge < -0.3 is 10.1 Å². The fourth-order valence-corrected chi connectivity index (χ4v) is 1.81. The van der Waals surface area contributed by atoms with Crippen LogP contribution < -0.4 is 10.1 Å². The molecule has 0 aliphatic carbocycles. The smallest absolute Gasteiger partial charge is 0.258 e. The molecule has 0 spiro atoms. The third kappa shape index (κ3) is 3.78. The Balaban J connectivity index is 2.23. The average molecular weight is 288 g/mol. The number of nitrogens with one attached hydrogen (secondary N) is 1. The van der Waals surface area contributed by atoms with E-state index in [-0.39, 0.29) is 5.56 Å². The highest BCUT2D eigenvalue weighted by Crippen LogP contribution is 2.26. The van der Waals surface area contributed by atoms with Gasteiger partial charge in [0, 0.05) is 6.20 Å². The number of aromatic nitrogens is 1. The van der Waals surface area contributed by atoms with Crippen molar-refractivity contribution in [2.45, 2.75) is 20.3 Å². The number of aryl methyl sites for hydroxylation is 1. The molecule has 1 amide bonds. The van der Waals surface area contributed by atoms with Crippen LogP contribution in [-0.2, 0) is 0 Å². The molecule has 2 rings (SSSR count). The molecule has 0 atom stereocenters. The van der Waals surface area contributed by atoms with Crippen molar-refractivity contribution < 1.29 is 13.9 Å². The summed E-state index contributed by atoms with van der Waals surface area (Å²) in [5.41, 5.74) is 1.50. The Morgan fingerprint density at radius 3 is 2.90 bits per heavy atom. The normalized spacial score (nSPS) is 10.2. The van der Waals surface area contributed by atoms with Crippen molar-refractivity contribution in [2.24, 2.45) is 0 Å². The number of ether oxygens (including phenoxy) is 1. The van der Waals surface area contributed by atoms with Gasteiger partial charge in [-0.1, -0.05) is 13.0 Å². The highest BCUT2D eigenvalue weighted by Gasteiger charge is 2.14. The summed E-state index contributed by atoms with van der Waals surface area (Å²) in [6.07, 6.45) is 3.25. The van der Waals surface area contributed by atoms with Gasteiger partial charge in [0.1, 0.15) is 5.75 Å². The molecular formula is C16H17FN2O2. The van der Waals surface area contributed by atoms with Gasteiger partial charge in [0.05, 0.1) is 24.1 Å². The SMILES string of the molecule is CCCOc1cc(C)ccc1NC(=O)c1ccncc1F. The molecule has 0 aliphatic rings. The number of hydrogen-bond acceptors (Lipinski definition) is 3. The van der Waals surface area contributed by atoms with E-state index in [0.717, 1.165) is 18.2 Å². The van der Waals surface area contributed by atoms with Gasteiger partial charge in [-0.3, -0.25) is 9.78 Å². The first-order chi connectivity index (χ1) is 10.1. The van der Waals surface area contributed by atoms with Crippen LogP contribution in [0.3, 0.4) is 0 Å². The van der Waals surface area contributed by atoms with Gasteiger partial charge in [-0.25, -0.2) is 4.39 Å². The van der Waals surface area contributed by atoms with E-state index in [0.29, 0.717) is 18.0 Å². The summed E-state index contributed by atoms with van der Waals surface area (Å²) in [4.78, 5) is 15.7. The maximum atomic E-state index is 13.6. The molecule has 0 fully saturated rings. The molecule has 0 saturated carbocycles. The highest BCUT2D eigenvalue weighted by atomic mass is 19.1. The summed E-state index contributed by atoms with van der Waals surface area (Å²) >= 11 is 0. The molecule has 0 radical (unpaired) electrons. The fraction of sp³-hybridized carbons (Fsp3) is 0.250. The van der Waals surface area contributed by atoms with Crippen LogP contribution >= 0.6 is 0 Å². The van der Waals surface area contributed by atoms with Crippen LogP contribution in [0.1, 0.15) is 29.3 Å². The van der Waals surface area contributed by atoms with E-state index in [1.165, 1.54) is 12.3 Å². The quantitative estimate of drug-likeness (QED) is 0.915. The zero-order valence-corrected chi connectivity index (χ0v) is 12.0. The Labute approximate surface area is 123 Å². The molecular weight excluding hydrogens is 271 g/mol. The summed E-state index contributed by atoms with van der Waals surface area (Å²) in [6, 6.07) is 6.79. The molecule has 5 heteroatoms. The van der Waals surface area contributed by atoms with Crippen LogP contribution in [0, 0.1) is 12.7 Å². The van der Waals surface area contributed by atoms with Crippen molar-refractivity contribution >= 4 is 11.6 Å². The van der Waals surface area contributed by atoms with E-state index >= 15 is 0 Å². The largest absolute Gasteiger partial charge is 0.491 e. The molecule has 1 heterocycles. The summed E-state index contributed by atoms with van der Waals surface area (Å²) in [7, 11) is 0. The van der Waals surface area contributed by atoms with Crippen LogP contribution in [0.25, 0.3) is 0 Å². The van der Waals surface area contributed by atoms with Gasteiger partial charge in [0.25, 0.3) is 5.91 Å². The topological polar surface area (TPSA) is 51.2 Å². The molecule has 1 N–H and O–H groups in total. The number of rotatable bonds is 5. The number of pyridine rings is 1. The Morgan fingerprint density at radius 2 is 2.19 bits per heavy atom. The first kappa shape index (κ1) is 15.0. The molecule has 2 aromatic rings. The first-order valence-corrected chi connectivity index (χ1v) is 6.76. The number of benzene rings is 1. The molecule has 0 saturated heterocycles. The Hall–Kier alpha value is -2.43. The van der Waals surface area contributed by atoms with E-state index in [1.807, 2.05) is 26.0 Å². The molecule has 1 aromatic carbocycles. The number of hydrogen-bond donors (Lipinski definition) is 1. The van der Waals surface area contributed by atoms with Crippen LogP contribution in [0.15, 0.2) is 36.7 Å². The van der Waals surface area contributed by atoms with Crippen molar-refractivity contribution in [3.63, 3.8) is 0 Å². The number of carbonyl (C=O) groups is 1. The molecule has 110 valence electrons. The number of amides is 1. The summed E-state index contributed by atoms with van der Waals surface area (Å²) in [5.74, 6) is -0.599. The Bertz CT molecular complexity index is 644. The van der Waals surface area contributed by atoms with Gasteiger partial charge in [0.2, 0.25) is 0 Å². The lowest BCUT2D eigenvalue weighted by molar-refractivity contribution is 0.102. The third-order valence-electron chi connectivity index (χ3n) is 2.86. The predicted molar refractivity (Wildman–Crippen MR) is 79.1 cm³/mol. The molecule has 21 heavy (non-hydrogen) atoms. The number of anilines is 1. The first-order valence-electron chi connectivity index (χ1n) is 6.76. The fourth-order valence-electron chi connectivity index (χ4n) is 1.81. The number of nitrogens with zero attached hydrogens (tertiary/aromatic N) is 1. The molecule has 0 bridgehead atoms. The average Bonchev–Trinajstić information content (AvgIpc) is 2.47. The lowest BCUT2D eigenvalue weighted by Crippen LogP contribution is -2.15. The number of carbonyl (C=O) groups excluding carboxylic acids is 1. The number of halogens is 1. The minimum absolute atomic E-state index is 0.0491. The van der Waals surface area contributed by atoms with E-state index in [9.17, 15) is 9.18 Å². The lowest BCUT2D eigenvalue weighted by atomic mass is 10.2. The van der Waals surface area contributed by atoms with Crippen molar-refractivity contribution in [1.29, 1.82) is 0 Å². The van der Waals surface area contributed by atoms with Crippen molar-refractivity contribution in [3.8, 4) is 5.75 Å². The van der Waals surface area contributed by atoms with Gasteiger partial charge in [0.15, 0.2) is 5.82 Å². The van der Waals surface area contributed by atoms with Gasteiger partial charge in [-0.05, 0) is 37.1 Å². The van der Waals surface area contributed by atoms with Crippen molar-refractivity contribution in [1.82, 2.24) is 4.98 Å². The minimum atomic E-state index is -0.655. The second-order valence-corrected chi connectivity index (χ2v) is 4.66. The van der Waals surface area contributed by atoms with E-state index in [2.05, 4.69) is 10.3 Å². The lowest BCUT2D eigenvalue weighted by Gasteiger charge is -2.13. The van der Waals surface area contributed by atoms with Crippen molar-refractivity contribution in [3.05, 3.63) is 53.6 Å². The maximum absolute atomic E-state index is 13.6. The monoisotopic (exact) mass is 288 g/mol. The van der Waals surface area contributed by atoms with Gasteiger partial charge >= 0.3 is 0 Å².